The quantitative estimate of drug-likeness (QED) is 0.585. The zero-order valence-corrected chi connectivity index (χ0v) is 7.60. The van der Waals surface area contributed by atoms with Crippen LogP contribution in [0.3, 0.4) is 0 Å². The van der Waals surface area contributed by atoms with Crippen molar-refractivity contribution >= 4 is 6.09 Å². The standard InChI is InChI=1S/C8H12N2O4/c9-5-6(11)8(14-7(10)12)1-3-13-4-2-8/h6,11H,1-4H2,(H2,10,12). The van der Waals surface area contributed by atoms with E-state index in [-0.39, 0.29) is 12.8 Å². The van der Waals surface area contributed by atoms with Crippen molar-refractivity contribution in [2.24, 2.45) is 5.73 Å². The van der Waals surface area contributed by atoms with Gasteiger partial charge in [-0.05, 0) is 0 Å². The molecule has 1 rings (SSSR count). The average molecular weight is 200 g/mol. The molecular formula is C8H12N2O4. The molecule has 1 atom stereocenters. The molecule has 1 heterocycles. The van der Waals surface area contributed by atoms with Crippen LogP contribution < -0.4 is 5.73 Å². The van der Waals surface area contributed by atoms with Crippen molar-refractivity contribution in [3.05, 3.63) is 0 Å². The normalized spacial score (nSPS) is 22.0. The van der Waals surface area contributed by atoms with Crippen LogP contribution in [0.15, 0.2) is 0 Å². The number of amides is 1. The smallest absolute Gasteiger partial charge is 0.405 e. The summed E-state index contributed by atoms with van der Waals surface area (Å²) in [7, 11) is 0. The zero-order valence-electron chi connectivity index (χ0n) is 7.60. The summed E-state index contributed by atoms with van der Waals surface area (Å²) in [5.74, 6) is 0. The predicted octanol–water partition coefficient (Wildman–Crippen LogP) is -0.485. The number of aliphatic hydroxyl groups excluding tert-OH is 1. The van der Waals surface area contributed by atoms with Gasteiger partial charge in [-0.25, -0.2) is 4.79 Å². The van der Waals surface area contributed by atoms with Gasteiger partial charge in [-0.3, -0.25) is 0 Å². The molecule has 3 N–H and O–H groups in total. The average Bonchev–Trinajstić information content (AvgIpc) is 2.17. The van der Waals surface area contributed by atoms with Crippen LogP contribution in [0.5, 0.6) is 0 Å². The van der Waals surface area contributed by atoms with Gasteiger partial charge in [0, 0.05) is 12.8 Å². The third-order valence-corrected chi connectivity index (χ3v) is 2.26. The summed E-state index contributed by atoms with van der Waals surface area (Å²) in [6, 6.07) is 1.65. The minimum atomic E-state index is -1.36. The third-order valence-electron chi connectivity index (χ3n) is 2.26. The van der Waals surface area contributed by atoms with E-state index in [4.69, 9.17) is 20.5 Å². The Bertz CT molecular complexity index is 255. The molecule has 0 bridgehead atoms. The first-order valence-corrected chi connectivity index (χ1v) is 4.24. The van der Waals surface area contributed by atoms with Crippen LogP contribution >= 0.6 is 0 Å². The number of rotatable bonds is 2. The number of nitrogens with two attached hydrogens (primary N) is 1. The summed E-state index contributed by atoms with van der Waals surface area (Å²) >= 11 is 0. The number of ether oxygens (including phenoxy) is 2. The van der Waals surface area contributed by atoms with Crippen molar-refractivity contribution in [1.29, 1.82) is 5.26 Å². The van der Waals surface area contributed by atoms with Gasteiger partial charge in [0.1, 0.15) is 0 Å². The highest BCUT2D eigenvalue weighted by molar-refractivity contribution is 5.65. The highest BCUT2D eigenvalue weighted by Crippen LogP contribution is 2.28. The summed E-state index contributed by atoms with van der Waals surface area (Å²) < 4.78 is 9.87. The largest absolute Gasteiger partial charge is 0.439 e. The fourth-order valence-electron chi connectivity index (χ4n) is 1.47. The molecule has 1 saturated heterocycles. The highest BCUT2D eigenvalue weighted by Gasteiger charge is 2.43. The minimum absolute atomic E-state index is 0.282. The van der Waals surface area contributed by atoms with E-state index in [0.29, 0.717) is 13.2 Å². The number of aliphatic hydroxyl groups is 1. The van der Waals surface area contributed by atoms with Crippen LogP contribution in [0, 0.1) is 11.3 Å². The van der Waals surface area contributed by atoms with Gasteiger partial charge >= 0.3 is 6.09 Å². The number of hydrogen-bond acceptors (Lipinski definition) is 5. The minimum Gasteiger partial charge on any atom is -0.439 e. The Hall–Kier alpha value is -1.32. The van der Waals surface area contributed by atoms with Gasteiger partial charge in [-0.1, -0.05) is 0 Å². The molecule has 1 aliphatic rings. The molecule has 14 heavy (non-hydrogen) atoms. The lowest BCUT2D eigenvalue weighted by molar-refractivity contribution is -0.115. The molecule has 0 aromatic rings. The van der Waals surface area contributed by atoms with E-state index in [2.05, 4.69) is 0 Å². The number of nitrogens with zero attached hydrogens (tertiary/aromatic N) is 1. The Morgan fingerprint density at radius 1 is 1.64 bits per heavy atom. The fourth-order valence-corrected chi connectivity index (χ4v) is 1.47. The summed E-state index contributed by atoms with van der Waals surface area (Å²) in [5.41, 5.74) is 3.68. The van der Waals surface area contributed by atoms with E-state index in [1.54, 1.807) is 6.07 Å². The van der Waals surface area contributed by atoms with Crippen molar-refractivity contribution in [2.45, 2.75) is 24.5 Å². The molecule has 0 aromatic heterocycles. The molecule has 0 radical (unpaired) electrons. The molecule has 78 valence electrons. The van der Waals surface area contributed by atoms with Crippen molar-refractivity contribution in [2.75, 3.05) is 13.2 Å². The molecule has 1 aliphatic heterocycles. The Kier molecular flexibility index (Phi) is 3.28. The fraction of sp³-hybridized carbons (Fsp3) is 0.750. The van der Waals surface area contributed by atoms with E-state index < -0.39 is 17.8 Å². The Morgan fingerprint density at radius 2 is 2.21 bits per heavy atom. The number of carbonyl (C=O) groups is 1. The summed E-state index contributed by atoms with van der Waals surface area (Å²) in [6.45, 7) is 0.679. The molecule has 0 aromatic carbocycles. The molecule has 0 spiro atoms. The highest BCUT2D eigenvalue weighted by atomic mass is 16.6. The Morgan fingerprint density at radius 3 is 2.64 bits per heavy atom. The lowest BCUT2D eigenvalue weighted by atomic mass is 9.88. The number of hydrogen-bond donors (Lipinski definition) is 2. The van der Waals surface area contributed by atoms with Crippen LogP contribution in [0.4, 0.5) is 4.79 Å². The summed E-state index contributed by atoms with van der Waals surface area (Å²) in [6.07, 6.45) is -1.78. The summed E-state index contributed by atoms with van der Waals surface area (Å²) in [4.78, 5) is 10.6. The first kappa shape index (κ1) is 10.8. The third kappa shape index (κ3) is 2.13. The summed E-state index contributed by atoms with van der Waals surface area (Å²) in [5, 5.41) is 18.0. The van der Waals surface area contributed by atoms with Gasteiger partial charge < -0.3 is 20.3 Å². The number of nitriles is 1. The van der Waals surface area contributed by atoms with Crippen LogP contribution in [0.2, 0.25) is 0 Å². The molecule has 1 unspecified atom stereocenters. The van der Waals surface area contributed by atoms with Crippen LogP contribution in [-0.4, -0.2) is 36.1 Å². The van der Waals surface area contributed by atoms with Gasteiger partial charge in [0.05, 0.1) is 19.3 Å². The van der Waals surface area contributed by atoms with Crippen molar-refractivity contribution in [1.82, 2.24) is 0 Å². The van der Waals surface area contributed by atoms with Gasteiger partial charge in [0.2, 0.25) is 0 Å². The maximum absolute atomic E-state index is 10.6. The first-order valence-electron chi connectivity index (χ1n) is 4.24. The number of carbonyl (C=O) groups excluding carboxylic acids is 1. The van der Waals surface area contributed by atoms with E-state index in [1.807, 2.05) is 0 Å². The molecule has 0 aliphatic carbocycles. The van der Waals surface area contributed by atoms with Crippen LogP contribution in [0.1, 0.15) is 12.8 Å². The molecule has 6 heteroatoms. The van der Waals surface area contributed by atoms with E-state index in [1.165, 1.54) is 0 Å². The first-order chi connectivity index (χ1) is 6.60. The lowest BCUT2D eigenvalue weighted by Crippen LogP contribution is -2.50. The van der Waals surface area contributed by atoms with E-state index >= 15 is 0 Å². The van der Waals surface area contributed by atoms with E-state index in [0.717, 1.165) is 0 Å². The van der Waals surface area contributed by atoms with Gasteiger partial charge in [0.25, 0.3) is 0 Å². The predicted molar refractivity (Wildman–Crippen MR) is 45.1 cm³/mol. The van der Waals surface area contributed by atoms with E-state index in [9.17, 15) is 9.90 Å². The molecular weight excluding hydrogens is 188 g/mol. The Balaban J connectivity index is 2.77. The van der Waals surface area contributed by atoms with Crippen molar-refractivity contribution in [3.8, 4) is 6.07 Å². The lowest BCUT2D eigenvalue weighted by Gasteiger charge is -2.36. The van der Waals surface area contributed by atoms with Gasteiger partial charge in [0.15, 0.2) is 11.7 Å². The second-order valence-electron chi connectivity index (χ2n) is 3.13. The van der Waals surface area contributed by atoms with Crippen molar-refractivity contribution in [3.63, 3.8) is 0 Å². The zero-order chi connectivity index (χ0) is 10.6. The Labute approximate surface area is 81.2 Å². The SMILES string of the molecule is N#CC(O)C1(OC(N)=O)CCOCC1. The van der Waals surface area contributed by atoms with Gasteiger partial charge in [-0.15, -0.1) is 0 Å². The number of primary amides is 1. The van der Waals surface area contributed by atoms with Gasteiger partial charge in [-0.2, -0.15) is 5.26 Å². The maximum Gasteiger partial charge on any atom is 0.405 e. The molecule has 6 nitrogen and oxygen atoms in total. The second-order valence-corrected chi connectivity index (χ2v) is 3.13. The maximum atomic E-state index is 10.6. The van der Waals surface area contributed by atoms with Crippen LogP contribution in [-0.2, 0) is 9.47 Å². The molecule has 1 amide bonds. The molecule has 1 fully saturated rings. The molecule has 0 saturated carbocycles. The second kappa shape index (κ2) is 4.26. The topological polar surface area (TPSA) is 106 Å². The van der Waals surface area contributed by atoms with Crippen molar-refractivity contribution < 1.29 is 19.4 Å². The monoisotopic (exact) mass is 200 g/mol. The van der Waals surface area contributed by atoms with Crippen LogP contribution in [0.25, 0.3) is 0 Å².